The third kappa shape index (κ3) is 6.94. The number of hydrogen-bond acceptors (Lipinski definition) is 4. The largest absolute Gasteiger partial charge is 0.492 e. The number of nitrogens with zero attached hydrogens (tertiary/aromatic N) is 1. The number of likely N-dealkylation sites (N-methyl/N-ethyl adjacent to an activating group) is 1. The molecule has 0 radical (unpaired) electrons. The van der Waals surface area contributed by atoms with Gasteiger partial charge in [-0.25, -0.2) is 0 Å². The van der Waals surface area contributed by atoms with E-state index in [2.05, 4.69) is 0 Å². The van der Waals surface area contributed by atoms with Crippen molar-refractivity contribution in [1.82, 2.24) is 4.90 Å². The lowest BCUT2D eigenvalue weighted by molar-refractivity contribution is -0.134. The molecule has 0 aliphatic heterocycles. The number of halogens is 1. The van der Waals surface area contributed by atoms with E-state index in [1.807, 2.05) is 54.6 Å². The van der Waals surface area contributed by atoms with E-state index in [9.17, 15) is 4.79 Å². The fourth-order valence-corrected chi connectivity index (χ4v) is 2.27. The zero-order valence-electron chi connectivity index (χ0n) is 15.5. The topological polar surface area (TPSA) is 64.8 Å². The van der Waals surface area contributed by atoms with Crippen LogP contribution >= 0.6 is 12.4 Å². The maximum absolute atomic E-state index is 12.0. The van der Waals surface area contributed by atoms with E-state index in [0.717, 1.165) is 17.1 Å². The van der Waals surface area contributed by atoms with Gasteiger partial charge in [-0.05, 0) is 43.7 Å². The highest BCUT2D eigenvalue weighted by Gasteiger charge is 2.25. The Morgan fingerprint density at radius 3 is 2.08 bits per heavy atom. The number of carbonyl (C=O) groups excluding carboxylic acids is 1. The predicted molar refractivity (Wildman–Crippen MR) is 106 cm³/mol. The molecule has 0 saturated carbocycles. The van der Waals surface area contributed by atoms with Crippen LogP contribution in [0.3, 0.4) is 0 Å². The minimum absolute atomic E-state index is 0. The van der Waals surface area contributed by atoms with Gasteiger partial charge in [-0.2, -0.15) is 0 Å². The molecule has 0 aromatic heterocycles. The molecule has 0 spiro atoms. The van der Waals surface area contributed by atoms with Gasteiger partial charge < -0.3 is 20.1 Å². The summed E-state index contributed by atoms with van der Waals surface area (Å²) in [5.74, 6) is 1.41. The first-order valence-corrected chi connectivity index (χ1v) is 8.30. The molecule has 2 rings (SSSR count). The SMILES string of the molecule is CN(CCOc1ccc(OCc2ccccc2)cc1)C(=O)C(C)(C)N.Cl. The van der Waals surface area contributed by atoms with E-state index in [1.54, 1.807) is 25.8 Å². The number of amides is 1. The molecule has 2 N–H and O–H groups in total. The van der Waals surface area contributed by atoms with Crippen molar-refractivity contribution in [2.24, 2.45) is 5.73 Å². The Kier molecular flexibility index (Phi) is 8.42. The molecule has 6 heteroatoms. The van der Waals surface area contributed by atoms with Crippen LogP contribution in [-0.4, -0.2) is 36.5 Å². The molecule has 5 nitrogen and oxygen atoms in total. The van der Waals surface area contributed by atoms with Gasteiger partial charge in [-0.3, -0.25) is 4.79 Å². The third-order valence-electron chi connectivity index (χ3n) is 3.67. The second-order valence-corrected chi connectivity index (χ2v) is 6.54. The summed E-state index contributed by atoms with van der Waals surface area (Å²) in [6, 6.07) is 17.5. The van der Waals surface area contributed by atoms with E-state index in [0.29, 0.717) is 19.8 Å². The third-order valence-corrected chi connectivity index (χ3v) is 3.67. The minimum Gasteiger partial charge on any atom is -0.492 e. The molecule has 2 aromatic carbocycles. The average molecular weight is 379 g/mol. The molecule has 0 unspecified atom stereocenters. The van der Waals surface area contributed by atoms with Crippen molar-refractivity contribution in [3.63, 3.8) is 0 Å². The number of carbonyl (C=O) groups is 1. The van der Waals surface area contributed by atoms with Gasteiger partial charge in [0, 0.05) is 7.05 Å². The normalized spacial score (nSPS) is 10.6. The number of hydrogen-bond donors (Lipinski definition) is 1. The Labute approximate surface area is 161 Å². The molecule has 0 saturated heterocycles. The minimum atomic E-state index is -0.869. The summed E-state index contributed by atoms with van der Waals surface area (Å²) in [7, 11) is 1.72. The highest BCUT2D eigenvalue weighted by Crippen LogP contribution is 2.18. The maximum atomic E-state index is 12.0. The van der Waals surface area contributed by atoms with Crippen LogP contribution in [0.4, 0.5) is 0 Å². The van der Waals surface area contributed by atoms with E-state index >= 15 is 0 Å². The van der Waals surface area contributed by atoms with Gasteiger partial charge >= 0.3 is 0 Å². The van der Waals surface area contributed by atoms with Crippen LogP contribution < -0.4 is 15.2 Å². The first kappa shape index (κ1) is 21.8. The summed E-state index contributed by atoms with van der Waals surface area (Å²) in [6.07, 6.45) is 0. The van der Waals surface area contributed by atoms with Crippen molar-refractivity contribution in [2.75, 3.05) is 20.2 Å². The lowest BCUT2D eigenvalue weighted by atomic mass is 10.1. The predicted octanol–water partition coefficient (Wildman–Crippen LogP) is 3.26. The van der Waals surface area contributed by atoms with Crippen LogP contribution in [0.25, 0.3) is 0 Å². The van der Waals surface area contributed by atoms with Crippen molar-refractivity contribution in [3.8, 4) is 11.5 Å². The summed E-state index contributed by atoms with van der Waals surface area (Å²) < 4.78 is 11.4. The monoisotopic (exact) mass is 378 g/mol. The van der Waals surface area contributed by atoms with Crippen molar-refractivity contribution in [3.05, 3.63) is 60.2 Å². The van der Waals surface area contributed by atoms with Crippen LogP contribution in [-0.2, 0) is 11.4 Å². The summed E-state index contributed by atoms with van der Waals surface area (Å²) in [4.78, 5) is 13.6. The Morgan fingerprint density at radius 2 is 1.54 bits per heavy atom. The Hall–Kier alpha value is -2.24. The van der Waals surface area contributed by atoms with Crippen LogP contribution in [0.1, 0.15) is 19.4 Å². The van der Waals surface area contributed by atoms with Crippen molar-refractivity contribution in [1.29, 1.82) is 0 Å². The molecule has 0 aliphatic rings. The van der Waals surface area contributed by atoms with E-state index in [-0.39, 0.29) is 18.3 Å². The van der Waals surface area contributed by atoms with E-state index in [4.69, 9.17) is 15.2 Å². The lowest BCUT2D eigenvalue weighted by Crippen LogP contribution is -2.50. The van der Waals surface area contributed by atoms with Gasteiger partial charge in [0.05, 0.1) is 12.1 Å². The van der Waals surface area contributed by atoms with Gasteiger partial charge in [-0.1, -0.05) is 30.3 Å². The van der Waals surface area contributed by atoms with E-state index in [1.165, 1.54) is 0 Å². The van der Waals surface area contributed by atoms with Gasteiger partial charge in [-0.15, -0.1) is 12.4 Å². The Bertz CT molecular complexity index is 670. The number of benzene rings is 2. The Morgan fingerprint density at radius 1 is 1.00 bits per heavy atom. The van der Waals surface area contributed by atoms with Crippen LogP contribution in [0, 0.1) is 0 Å². The summed E-state index contributed by atoms with van der Waals surface area (Å²) >= 11 is 0. The van der Waals surface area contributed by atoms with Crippen LogP contribution in [0.2, 0.25) is 0 Å². The quantitative estimate of drug-likeness (QED) is 0.765. The Balaban J connectivity index is 0.00000338. The first-order chi connectivity index (χ1) is 11.9. The fraction of sp³-hybridized carbons (Fsp3) is 0.350. The summed E-state index contributed by atoms with van der Waals surface area (Å²) in [6.45, 7) is 4.80. The fourth-order valence-electron chi connectivity index (χ4n) is 2.27. The van der Waals surface area contributed by atoms with Gasteiger partial charge in [0.25, 0.3) is 0 Å². The average Bonchev–Trinajstić information content (AvgIpc) is 2.60. The highest BCUT2D eigenvalue weighted by molar-refractivity contribution is 5.85. The summed E-state index contributed by atoms with van der Waals surface area (Å²) in [5.41, 5.74) is 6.06. The molecule has 26 heavy (non-hydrogen) atoms. The molecular weight excluding hydrogens is 352 g/mol. The molecule has 1 amide bonds. The molecule has 0 fully saturated rings. The van der Waals surface area contributed by atoms with Gasteiger partial charge in [0.2, 0.25) is 5.91 Å². The van der Waals surface area contributed by atoms with Crippen LogP contribution in [0.15, 0.2) is 54.6 Å². The lowest BCUT2D eigenvalue weighted by Gasteiger charge is -2.25. The smallest absolute Gasteiger partial charge is 0.241 e. The molecule has 0 atom stereocenters. The molecule has 0 aliphatic carbocycles. The second-order valence-electron chi connectivity index (χ2n) is 6.54. The number of ether oxygens (including phenoxy) is 2. The molecule has 2 aromatic rings. The van der Waals surface area contributed by atoms with Crippen molar-refractivity contribution >= 4 is 18.3 Å². The van der Waals surface area contributed by atoms with Crippen molar-refractivity contribution in [2.45, 2.75) is 26.0 Å². The molecular formula is C20H27ClN2O3. The van der Waals surface area contributed by atoms with Crippen molar-refractivity contribution < 1.29 is 14.3 Å². The molecule has 142 valence electrons. The summed E-state index contributed by atoms with van der Waals surface area (Å²) in [5, 5.41) is 0. The van der Waals surface area contributed by atoms with E-state index < -0.39 is 5.54 Å². The standard InChI is InChI=1S/C20H26N2O3.ClH/c1-20(2,21)19(23)22(3)13-14-24-17-9-11-18(12-10-17)25-15-16-7-5-4-6-8-16;/h4-12H,13-15,21H2,1-3H3;1H. The van der Waals surface area contributed by atoms with Gasteiger partial charge in [0.15, 0.2) is 0 Å². The first-order valence-electron chi connectivity index (χ1n) is 8.30. The maximum Gasteiger partial charge on any atom is 0.241 e. The van der Waals surface area contributed by atoms with Crippen LogP contribution in [0.5, 0.6) is 11.5 Å². The zero-order chi connectivity index (χ0) is 18.3. The second kappa shape index (κ2) is 10.0. The molecule has 0 heterocycles. The zero-order valence-corrected chi connectivity index (χ0v) is 16.3. The number of rotatable bonds is 8. The number of nitrogens with two attached hydrogens (primary N) is 1. The van der Waals surface area contributed by atoms with Gasteiger partial charge in [0.1, 0.15) is 24.7 Å². The highest BCUT2D eigenvalue weighted by atomic mass is 35.5. The molecule has 0 bridgehead atoms.